The van der Waals surface area contributed by atoms with Crippen LogP contribution in [-0.2, 0) is 14.6 Å². The van der Waals surface area contributed by atoms with Crippen molar-refractivity contribution in [3.05, 3.63) is 0 Å². The van der Waals surface area contributed by atoms with Crippen molar-refractivity contribution < 1.29 is 13.2 Å². The van der Waals surface area contributed by atoms with Gasteiger partial charge in [-0.3, -0.25) is 10.1 Å². The maximum absolute atomic E-state index is 12.6. The van der Waals surface area contributed by atoms with Crippen molar-refractivity contribution in [2.24, 2.45) is 0 Å². The maximum Gasteiger partial charge on any atom is 0.243 e. The molecule has 0 aromatic carbocycles. The summed E-state index contributed by atoms with van der Waals surface area (Å²) in [4.78, 5) is 14.4. The number of sulfone groups is 1. The molecule has 0 spiro atoms. The molecule has 2 aliphatic rings. The molecule has 2 rings (SSSR count). The Labute approximate surface area is 122 Å². The van der Waals surface area contributed by atoms with Gasteiger partial charge in [0.25, 0.3) is 0 Å². The van der Waals surface area contributed by atoms with Gasteiger partial charge in [0.2, 0.25) is 5.91 Å². The Hall–Kier alpha value is -0.620. The molecular weight excluding hydrogens is 276 g/mol. The minimum Gasteiger partial charge on any atom is -0.324 e. The Balaban J connectivity index is 2.17. The third-order valence-electron chi connectivity index (χ3n) is 4.73. The van der Waals surface area contributed by atoms with E-state index in [9.17, 15) is 13.2 Å². The van der Waals surface area contributed by atoms with Crippen LogP contribution in [0.3, 0.4) is 0 Å². The van der Waals surface area contributed by atoms with E-state index in [1.807, 2.05) is 13.8 Å². The molecule has 0 bridgehead atoms. The summed E-state index contributed by atoms with van der Waals surface area (Å²) in [5.41, 5.74) is -0.539. The number of rotatable bonds is 5. The molecule has 0 aromatic rings. The first-order valence-corrected chi connectivity index (χ1v) is 9.36. The van der Waals surface area contributed by atoms with E-state index in [0.29, 0.717) is 13.0 Å². The predicted octanol–water partition coefficient (Wildman–Crippen LogP) is 1.29. The summed E-state index contributed by atoms with van der Waals surface area (Å²) >= 11 is 0. The third kappa shape index (κ3) is 2.72. The number of hydrogen-bond acceptors (Lipinski definition) is 4. The Kier molecular flexibility index (Phi) is 4.44. The zero-order valence-electron chi connectivity index (χ0n) is 12.7. The van der Waals surface area contributed by atoms with Crippen molar-refractivity contribution in [2.75, 3.05) is 12.3 Å². The molecule has 3 atom stereocenters. The molecule has 5 nitrogen and oxygen atoms in total. The topological polar surface area (TPSA) is 66.5 Å². The van der Waals surface area contributed by atoms with E-state index >= 15 is 0 Å². The number of nitrogens with zero attached hydrogens (tertiary/aromatic N) is 1. The van der Waals surface area contributed by atoms with Crippen LogP contribution in [0.4, 0.5) is 0 Å². The van der Waals surface area contributed by atoms with E-state index in [1.54, 1.807) is 4.90 Å². The standard InChI is InChI=1S/C14H26N2O3S/c1-4-7-12-15-14(3,5-2)13(17)16(12)10-11-8-6-9-20(11,18)19/h11-12,15H,4-10H2,1-3H3. The molecule has 2 heterocycles. The van der Waals surface area contributed by atoms with Crippen LogP contribution in [0.5, 0.6) is 0 Å². The fourth-order valence-corrected chi connectivity index (χ4v) is 5.03. The van der Waals surface area contributed by atoms with Gasteiger partial charge in [-0.1, -0.05) is 20.3 Å². The zero-order chi connectivity index (χ0) is 15.0. The highest BCUT2D eigenvalue weighted by atomic mass is 32.2. The second kappa shape index (κ2) is 5.64. The third-order valence-corrected chi connectivity index (χ3v) is 6.98. The number of amides is 1. The molecule has 1 N–H and O–H groups in total. The van der Waals surface area contributed by atoms with Gasteiger partial charge in [0.05, 0.1) is 22.7 Å². The number of carbonyl (C=O) groups is 1. The lowest BCUT2D eigenvalue weighted by molar-refractivity contribution is -0.133. The summed E-state index contributed by atoms with van der Waals surface area (Å²) in [5, 5.41) is 3.03. The SMILES string of the molecule is CCCC1NC(C)(CC)C(=O)N1CC1CCCS1(=O)=O. The van der Waals surface area contributed by atoms with Crippen LogP contribution in [0.1, 0.15) is 52.9 Å². The lowest BCUT2D eigenvalue weighted by Crippen LogP contribution is -2.44. The summed E-state index contributed by atoms with van der Waals surface area (Å²) < 4.78 is 24.0. The van der Waals surface area contributed by atoms with Crippen molar-refractivity contribution in [3.63, 3.8) is 0 Å². The van der Waals surface area contributed by atoms with Crippen LogP contribution in [-0.4, -0.2) is 48.5 Å². The molecule has 0 aliphatic carbocycles. The quantitative estimate of drug-likeness (QED) is 0.831. The van der Waals surface area contributed by atoms with Crippen LogP contribution in [0.2, 0.25) is 0 Å². The average Bonchev–Trinajstić information content (AvgIpc) is 2.83. The molecule has 0 radical (unpaired) electrons. The fraction of sp³-hybridized carbons (Fsp3) is 0.929. The Bertz CT molecular complexity index is 477. The largest absolute Gasteiger partial charge is 0.324 e. The fourth-order valence-electron chi connectivity index (χ4n) is 3.21. The highest BCUT2D eigenvalue weighted by Crippen LogP contribution is 2.29. The first-order chi connectivity index (χ1) is 9.34. The van der Waals surface area contributed by atoms with Crippen LogP contribution >= 0.6 is 0 Å². The predicted molar refractivity (Wildman–Crippen MR) is 79.0 cm³/mol. The minimum atomic E-state index is -3.00. The molecule has 2 aliphatic heterocycles. The van der Waals surface area contributed by atoms with Crippen molar-refractivity contribution in [1.82, 2.24) is 10.2 Å². The van der Waals surface area contributed by atoms with Gasteiger partial charge in [0, 0.05) is 6.54 Å². The molecule has 3 unspecified atom stereocenters. The summed E-state index contributed by atoms with van der Waals surface area (Å²) in [5.74, 6) is 0.330. The molecule has 2 saturated heterocycles. The Morgan fingerprint density at radius 1 is 1.40 bits per heavy atom. The number of nitrogens with one attached hydrogen (secondary N) is 1. The Morgan fingerprint density at radius 2 is 2.10 bits per heavy atom. The second-order valence-corrected chi connectivity index (χ2v) is 8.62. The van der Waals surface area contributed by atoms with Crippen LogP contribution < -0.4 is 5.32 Å². The molecule has 1 amide bonds. The van der Waals surface area contributed by atoms with Crippen LogP contribution in [0, 0.1) is 0 Å². The monoisotopic (exact) mass is 302 g/mol. The molecule has 20 heavy (non-hydrogen) atoms. The van der Waals surface area contributed by atoms with E-state index in [2.05, 4.69) is 12.2 Å². The lowest BCUT2D eigenvalue weighted by Gasteiger charge is -2.26. The van der Waals surface area contributed by atoms with Gasteiger partial charge in [-0.2, -0.15) is 0 Å². The van der Waals surface area contributed by atoms with Gasteiger partial charge in [-0.15, -0.1) is 0 Å². The normalized spacial score (nSPS) is 36.8. The number of hydrogen-bond donors (Lipinski definition) is 1. The van der Waals surface area contributed by atoms with E-state index in [-0.39, 0.29) is 23.1 Å². The zero-order valence-corrected chi connectivity index (χ0v) is 13.5. The van der Waals surface area contributed by atoms with Crippen LogP contribution in [0.15, 0.2) is 0 Å². The van der Waals surface area contributed by atoms with Gasteiger partial charge in [-0.25, -0.2) is 8.42 Å². The van der Waals surface area contributed by atoms with Gasteiger partial charge < -0.3 is 4.90 Å². The van der Waals surface area contributed by atoms with Gasteiger partial charge >= 0.3 is 0 Å². The minimum absolute atomic E-state index is 0.0201. The highest BCUT2D eigenvalue weighted by Gasteiger charge is 2.48. The second-order valence-electron chi connectivity index (χ2n) is 6.22. The highest BCUT2D eigenvalue weighted by molar-refractivity contribution is 7.92. The molecule has 0 saturated carbocycles. The molecule has 2 fully saturated rings. The summed E-state index contributed by atoms with van der Waals surface area (Å²) in [6.07, 6.45) is 3.96. The van der Waals surface area contributed by atoms with E-state index in [0.717, 1.165) is 25.7 Å². The van der Waals surface area contributed by atoms with Gasteiger partial charge in [-0.05, 0) is 32.6 Å². The van der Waals surface area contributed by atoms with Crippen molar-refractivity contribution in [2.45, 2.75) is 69.8 Å². The summed E-state index contributed by atoms with van der Waals surface area (Å²) in [7, 11) is -3.00. The number of carbonyl (C=O) groups excluding carboxylic acids is 1. The van der Waals surface area contributed by atoms with E-state index < -0.39 is 15.4 Å². The summed E-state index contributed by atoms with van der Waals surface area (Å²) in [6.45, 7) is 6.34. The van der Waals surface area contributed by atoms with Crippen LogP contribution in [0.25, 0.3) is 0 Å². The van der Waals surface area contributed by atoms with Crippen molar-refractivity contribution >= 4 is 15.7 Å². The molecular formula is C14H26N2O3S. The first kappa shape index (κ1) is 15.8. The van der Waals surface area contributed by atoms with Gasteiger partial charge in [0.1, 0.15) is 0 Å². The molecule has 0 aromatic heterocycles. The van der Waals surface area contributed by atoms with Crippen molar-refractivity contribution in [1.29, 1.82) is 0 Å². The van der Waals surface area contributed by atoms with Gasteiger partial charge in [0.15, 0.2) is 9.84 Å². The Morgan fingerprint density at radius 3 is 2.60 bits per heavy atom. The first-order valence-electron chi connectivity index (χ1n) is 7.64. The maximum atomic E-state index is 12.6. The van der Waals surface area contributed by atoms with Crippen molar-refractivity contribution in [3.8, 4) is 0 Å². The summed E-state index contributed by atoms with van der Waals surface area (Å²) in [6, 6.07) is 0. The smallest absolute Gasteiger partial charge is 0.243 e. The lowest BCUT2D eigenvalue weighted by atomic mass is 9.99. The van der Waals surface area contributed by atoms with E-state index in [1.165, 1.54) is 0 Å². The molecule has 6 heteroatoms. The average molecular weight is 302 g/mol. The molecule has 116 valence electrons. The van der Waals surface area contributed by atoms with E-state index in [4.69, 9.17) is 0 Å².